The number of hydrogen-bond donors (Lipinski definition) is 1. The van der Waals surface area contributed by atoms with Crippen molar-refractivity contribution in [1.29, 1.82) is 0 Å². The molecule has 0 bridgehead atoms. The zero-order valence-corrected chi connectivity index (χ0v) is 12.2. The minimum absolute atomic E-state index is 0.205. The van der Waals surface area contributed by atoms with Crippen LogP contribution in [0.1, 0.15) is 19.4 Å². The molecule has 0 aliphatic carbocycles. The fourth-order valence-electron chi connectivity index (χ4n) is 1.23. The van der Waals surface area contributed by atoms with Crippen LogP contribution in [0.3, 0.4) is 0 Å². The highest BCUT2D eigenvalue weighted by atomic mass is 79.9. The van der Waals surface area contributed by atoms with Crippen LogP contribution in [0.5, 0.6) is 0 Å². The predicted molar refractivity (Wildman–Crippen MR) is 68.4 cm³/mol. The third kappa shape index (κ3) is 3.08. The summed E-state index contributed by atoms with van der Waals surface area (Å²) < 4.78 is 35.5. The SMILES string of the molecule is CC(C)(C(=O)O)S(=O)(=O)Cc1cc(F)cc(Br)c1. The largest absolute Gasteiger partial charge is 0.480 e. The summed E-state index contributed by atoms with van der Waals surface area (Å²) in [7, 11) is -3.93. The van der Waals surface area contributed by atoms with Crippen molar-refractivity contribution in [2.24, 2.45) is 0 Å². The molecule has 0 saturated heterocycles. The zero-order valence-electron chi connectivity index (χ0n) is 9.78. The van der Waals surface area contributed by atoms with Gasteiger partial charge in [-0.15, -0.1) is 0 Å². The molecule has 0 unspecified atom stereocenters. The molecule has 1 aromatic carbocycles. The van der Waals surface area contributed by atoms with Gasteiger partial charge in [0.25, 0.3) is 0 Å². The van der Waals surface area contributed by atoms with Gasteiger partial charge in [0.15, 0.2) is 14.6 Å². The Morgan fingerprint density at radius 2 is 1.94 bits per heavy atom. The van der Waals surface area contributed by atoms with Gasteiger partial charge in [0, 0.05) is 4.47 Å². The Morgan fingerprint density at radius 3 is 2.39 bits per heavy atom. The van der Waals surface area contributed by atoms with E-state index in [9.17, 15) is 17.6 Å². The van der Waals surface area contributed by atoms with Crippen LogP contribution in [-0.2, 0) is 20.4 Å². The molecule has 4 nitrogen and oxygen atoms in total. The number of benzene rings is 1. The molecule has 0 aliphatic heterocycles. The van der Waals surface area contributed by atoms with Gasteiger partial charge >= 0.3 is 5.97 Å². The molecule has 1 rings (SSSR count). The zero-order chi connectivity index (χ0) is 14.1. The Morgan fingerprint density at radius 1 is 1.39 bits per heavy atom. The molecule has 0 radical (unpaired) electrons. The smallest absolute Gasteiger partial charge is 0.324 e. The van der Waals surface area contributed by atoms with Crippen LogP contribution in [0.15, 0.2) is 22.7 Å². The van der Waals surface area contributed by atoms with Crippen molar-refractivity contribution < 1.29 is 22.7 Å². The van der Waals surface area contributed by atoms with Crippen molar-refractivity contribution in [2.45, 2.75) is 24.3 Å². The fraction of sp³-hybridized carbons (Fsp3) is 0.364. The number of carboxylic acid groups (broad SMARTS) is 1. The van der Waals surface area contributed by atoms with E-state index < -0.39 is 32.1 Å². The van der Waals surface area contributed by atoms with Crippen molar-refractivity contribution in [2.75, 3.05) is 0 Å². The molecule has 0 heterocycles. The van der Waals surface area contributed by atoms with Crippen molar-refractivity contribution in [3.05, 3.63) is 34.1 Å². The average Bonchev–Trinajstić information content (AvgIpc) is 2.13. The third-order valence-corrected chi connectivity index (χ3v) is 5.47. The van der Waals surface area contributed by atoms with E-state index >= 15 is 0 Å². The van der Waals surface area contributed by atoms with E-state index in [-0.39, 0.29) is 5.56 Å². The number of rotatable bonds is 4. The highest BCUT2D eigenvalue weighted by Crippen LogP contribution is 2.24. The van der Waals surface area contributed by atoms with Crippen LogP contribution in [0.25, 0.3) is 0 Å². The van der Waals surface area contributed by atoms with Gasteiger partial charge in [0.1, 0.15) is 5.82 Å². The van der Waals surface area contributed by atoms with Crippen LogP contribution < -0.4 is 0 Å². The minimum Gasteiger partial charge on any atom is -0.480 e. The monoisotopic (exact) mass is 338 g/mol. The van der Waals surface area contributed by atoms with E-state index in [0.717, 1.165) is 19.9 Å². The van der Waals surface area contributed by atoms with Crippen molar-refractivity contribution in [1.82, 2.24) is 0 Å². The number of aliphatic carboxylic acids is 1. The maximum absolute atomic E-state index is 13.1. The minimum atomic E-state index is -3.93. The summed E-state index contributed by atoms with van der Waals surface area (Å²) in [5, 5.41) is 8.90. The van der Waals surface area contributed by atoms with Gasteiger partial charge in [0.2, 0.25) is 0 Å². The Balaban J connectivity index is 3.14. The molecule has 0 amide bonds. The molecule has 100 valence electrons. The van der Waals surface area contributed by atoms with Crippen molar-refractivity contribution in [3.63, 3.8) is 0 Å². The molecule has 1 N–H and O–H groups in total. The molecule has 0 aromatic heterocycles. The second kappa shape index (κ2) is 4.97. The van der Waals surface area contributed by atoms with E-state index in [0.29, 0.717) is 4.47 Å². The van der Waals surface area contributed by atoms with Crippen LogP contribution in [0.4, 0.5) is 4.39 Å². The van der Waals surface area contributed by atoms with E-state index in [1.54, 1.807) is 0 Å². The van der Waals surface area contributed by atoms with Crippen molar-refractivity contribution in [3.8, 4) is 0 Å². The lowest BCUT2D eigenvalue weighted by Gasteiger charge is -2.19. The summed E-state index contributed by atoms with van der Waals surface area (Å²) in [6, 6.07) is 3.71. The van der Waals surface area contributed by atoms with Crippen molar-refractivity contribution >= 4 is 31.7 Å². The summed E-state index contributed by atoms with van der Waals surface area (Å²) in [5.41, 5.74) is 0.205. The first-order valence-electron chi connectivity index (χ1n) is 4.97. The summed E-state index contributed by atoms with van der Waals surface area (Å²) in [6.07, 6.45) is 0. The van der Waals surface area contributed by atoms with Crippen LogP contribution in [0.2, 0.25) is 0 Å². The fourth-order valence-corrected chi connectivity index (χ4v) is 2.97. The van der Waals surface area contributed by atoms with E-state index in [4.69, 9.17) is 5.11 Å². The Kier molecular flexibility index (Phi) is 4.17. The molecule has 1 aromatic rings. The molecular weight excluding hydrogens is 327 g/mol. The van der Waals surface area contributed by atoms with Crippen LogP contribution in [-0.4, -0.2) is 24.2 Å². The maximum atomic E-state index is 13.1. The predicted octanol–water partition coefficient (Wildman–Crippen LogP) is 2.37. The normalized spacial score (nSPS) is 12.4. The third-order valence-electron chi connectivity index (χ3n) is 2.57. The Hall–Kier alpha value is -0.950. The summed E-state index contributed by atoms with van der Waals surface area (Å²) >= 11 is 3.05. The lowest BCUT2D eigenvalue weighted by atomic mass is 10.2. The number of halogens is 2. The molecule has 0 fully saturated rings. The Labute approximate surface area is 113 Å². The van der Waals surface area contributed by atoms with Gasteiger partial charge in [-0.2, -0.15) is 0 Å². The lowest BCUT2D eigenvalue weighted by Crippen LogP contribution is -2.41. The molecule has 0 atom stereocenters. The highest BCUT2D eigenvalue weighted by molar-refractivity contribution is 9.10. The quantitative estimate of drug-likeness (QED) is 0.914. The van der Waals surface area contributed by atoms with Gasteiger partial charge in [0.05, 0.1) is 5.75 Å². The maximum Gasteiger partial charge on any atom is 0.324 e. The number of sulfone groups is 1. The first kappa shape index (κ1) is 15.1. The molecule has 0 saturated carbocycles. The standard InChI is InChI=1S/C11H12BrFO4S/c1-11(2,10(14)15)18(16,17)6-7-3-8(12)5-9(13)4-7/h3-5H,6H2,1-2H3,(H,14,15). The van der Waals surface area contributed by atoms with E-state index in [1.165, 1.54) is 12.1 Å². The lowest BCUT2D eigenvalue weighted by molar-refractivity contribution is -0.139. The van der Waals surface area contributed by atoms with Crippen LogP contribution in [0, 0.1) is 5.82 Å². The second-order valence-corrected chi connectivity index (χ2v) is 7.81. The summed E-state index contributed by atoms with van der Waals surface area (Å²) in [5.74, 6) is -2.54. The number of hydrogen-bond acceptors (Lipinski definition) is 3. The molecule has 0 spiro atoms. The molecular formula is C11H12BrFO4S. The van der Waals surface area contributed by atoms with Crippen LogP contribution >= 0.6 is 15.9 Å². The van der Waals surface area contributed by atoms with Gasteiger partial charge in [-0.1, -0.05) is 15.9 Å². The topological polar surface area (TPSA) is 71.4 Å². The second-order valence-electron chi connectivity index (χ2n) is 4.35. The first-order chi connectivity index (χ1) is 8.06. The Bertz CT molecular complexity index is 560. The highest BCUT2D eigenvalue weighted by Gasteiger charge is 2.41. The molecule has 0 aliphatic rings. The van der Waals surface area contributed by atoms with Gasteiger partial charge in [-0.25, -0.2) is 12.8 Å². The molecule has 7 heteroatoms. The number of carbonyl (C=O) groups is 1. The summed E-state index contributed by atoms with van der Waals surface area (Å²) in [6.45, 7) is 2.22. The average molecular weight is 339 g/mol. The first-order valence-corrected chi connectivity index (χ1v) is 7.41. The van der Waals surface area contributed by atoms with E-state index in [2.05, 4.69) is 15.9 Å². The van der Waals surface area contributed by atoms with Gasteiger partial charge in [-0.3, -0.25) is 4.79 Å². The van der Waals surface area contributed by atoms with Gasteiger partial charge in [-0.05, 0) is 37.6 Å². The van der Waals surface area contributed by atoms with E-state index in [1.807, 2.05) is 0 Å². The molecule has 18 heavy (non-hydrogen) atoms. The summed E-state index contributed by atoms with van der Waals surface area (Å²) in [4.78, 5) is 10.9. The number of carboxylic acids is 1. The van der Waals surface area contributed by atoms with Gasteiger partial charge < -0.3 is 5.11 Å².